The molecule has 2 amide bonds. The van der Waals surface area contributed by atoms with Crippen LogP contribution in [0.15, 0.2) is 18.2 Å². The number of aromatic nitrogens is 3. The molecule has 0 saturated carbocycles. The van der Waals surface area contributed by atoms with Crippen molar-refractivity contribution < 1.29 is 59.6 Å². The fourth-order valence-corrected chi connectivity index (χ4v) is 8.12. The number of hydrogen-bond donors (Lipinski definition) is 2. The van der Waals surface area contributed by atoms with Gasteiger partial charge in [0, 0.05) is 24.1 Å². The molecule has 7 rings (SSSR count). The molecule has 0 spiro atoms. The summed E-state index contributed by atoms with van der Waals surface area (Å²) in [6, 6.07) is 1.64. The Bertz CT molecular complexity index is 2150. The number of ether oxygens (including phenoxy) is 3. The Kier molecular flexibility index (Phi) is 9.43. The molecule has 0 radical (unpaired) electrons. The third-order valence-electron chi connectivity index (χ3n) is 9.52. The van der Waals surface area contributed by atoms with Crippen LogP contribution in [0.25, 0.3) is 32.2 Å². The van der Waals surface area contributed by atoms with Crippen molar-refractivity contribution in [3.05, 3.63) is 35.4 Å². The van der Waals surface area contributed by atoms with Gasteiger partial charge in [0.25, 0.3) is 0 Å². The summed E-state index contributed by atoms with van der Waals surface area (Å²) in [5.74, 6) is -3.20. The Labute approximate surface area is 306 Å². The topological polar surface area (TPSA) is 139 Å². The van der Waals surface area contributed by atoms with E-state index in [1.807, 2.05) is 4.90 Å². The molecule has 0 aliphatic carbocycles. The maximum absolute atomic E-state index is 17.0. The van der Waals surface area contributed by atoms with E-state index in [2.05, 4.69) is 20.3 Å². The number of fused-ring (bicyclic) bond motifs is 3. The zero-order valence-corrected chi connectivity index (χ0v) is 29.7. The summed E-state index contributed by atoms with van der Waals surface area (Å²) in [5, 5.41) is 10.8. The number of amides is 2. The normalized spacial score (nSPS) is 23.3. The molecule has 2 N–H and O–H groups in total. The SMILES string of the molecule is CC(C)(C)OC(=O)Nc1nc2c(-c3c(C(F)(F)F)cc4c(O[C@H]5CN(C(=O)O)C[C@@H]5F)nc(OC[C@@]56CCCN5C[C@H](F)C6)nc4c3F)ccc(F)c2s1. The lowest BCUT2D eigenvalue weighted by Crippen LogP contribution is -2.43. The van der Waals surface area contributed by atoms with Crippen LogP contribution >= 0.6 is 11.3 Å². The average Bonchev–Trinajstić information content (AvgIpc) is 3.82. The number of halogens is 7. The minimum atomic E-state index is -5.27. The Morgan fingerprint density at radius 1 is 1.07 bits per heavy atom. The molecule has 3 aliphatic rings. The van der Waals surface area contributed by atoms with E-state index in [4.69, 9.17) is 14.2 Å². The minimum absolute atomic E-state index is 0.132. The van der Waals surface area contributed by atoms with Gasteiger partial charge in [0.1, 0.15) is 29.7 Å². The molecule has 4 aromatic rings. The lowest BCUT2D eigenvalue weighted by molar-refractivity contribution is -0.137. The van der Waals surface area contributed by atoms with Crippen molar-refractivity contribution >= 4 is 49.8 Å². The van der Waals surface area contributed by atoms with Gasteiger partial charge in [0.15, 0.2) is 23.2 Å². The van der Waals surface area contributed by atoms with Gasteiger partial charge in [-0.3, -0.25) is 10.2 Å². The summed E-state index contributed by atoms with van der Waals surface area (Å²) in [7, 11) is 0. The number of carbonyl (C=O) groups excluding carboxylic acids is 1. The van der Waals surface area contributed by atoms with Crippen molar-refractivity contribution in [2.24, 2.45) is 0 Å². The van der Waals surface area contributed by atoms with E-state index in [9.17, 15) is 32.3 Å². The molecule has 20 heteroatoms. The van der Waals surface area contributed by atoms with Gasteiger partial charge in [0.05, 0.1) is 39.8 Å². The number of nitrogens with zero attached hydrogens (tertiary/aromatic N) is 5. The van der Waals surface area contributed by atoms with Gasteiger partial charge in [-0.1, -0.05) is 11.3 Å². The number of likely N-dealkylation sites (tertiary alicyclic amines) is 1. The van der Waals surface area contributed by atoms with Crippen LogP contribution in [-0.2, 0) is 10.9 Å². The summed E-state index contributed by atoms with van der Waals surface area (Å²) in [6.45, 7) is 4.26. The molecule has 3 aliphatic heterocycles. The number of anilines is 1. The van der Waals surface area contributed by atoms with Gasteiger partial charge < -0.3 is 24.2 Å². The summed E-state index contributed by atoms with van der Waals surface area (Å²) < 4.78 is 123. The van der Waals surface area contributed by atoms with E-state index in [1.165, 1.54) is 0 Å². The quantitative estimate of drug-likeness (QED) is 0.180. The molecule has 12 nitrogen and oxygen atoms in total. The second-order valence-corrected chi connectivity index (χ2v) is 15.5. The first-order valence-corrected chi connectivity index (χ1v) is 17.6. The standard InChI is InChI=1S/C34H33F7N6O6S/c1-32(2,3)53-30(48)45-29-43-25-16(5-6-19(36)26(25)54-29)22-18(34(39,40)41)9-17-24(23(22)38)42-28(51-14-33-7-4-8-47(33)11-15(35)10-33)44-27(17)52-21-13-46(31(49)50)12-20(21)37/h5-6,9,15,20-21H,4,7-8,10-14H2,1-3H3,(H,49,50)(H,43,45,48)/t15-,20+,21+,33+/m1/s1. The molecule has 290 valence electrons. The van der Waals surface area contributed by atoms with Crippen LogP contribution in [0, 0.1) is 11.6 Å². The number of benzene rings is 2. The highest BCUT2D eigenvalue weighted by molar-refractivity contribution is 7.22. The van der Waals surface area contributed by atoms with Crippen molar-refractivity contribution in [2.45, 2.75) is 75.8 Å². The van der Waals surface area contributed by atoms with Crippen LogP contribution in [0.1, 0.15) is 45.6 Å². The first kappa shape index (κ1) is 37.6. The Balaban J connectivity index is 1.37. The number of carbonyl (C=O) groups is 2. The van der Waals surface area contributed by atoms with E-state index in [1.54, 1.807) is 20.8 Å². The third kappa shape index (κ3) is 7.12. The summed E-state index contributed by atoms with van der Waals surface area (Å²) in [5.41, 5.74) is -6.00. The van der Waals surface area contributed by atoms with Crippen molar-refractivity contribution in [1.29, 1.82) is 0 Å². The lowest BCUT2D eigenvalue weighted by atomic mass is 9.95. The van der Waals surface area contributed by atoms with Crippen molar-refractivity contribution in [3.8, 4) is 23.0 Å². The van der Waals surface area contributed by atoms with Crippen LogP contribution in [0.2, 0.25) is 0 Å². The first-order chi connectivity index (χ1) is 25.3. The van der Waals surface area contributed by atoms with Crippen molar-refractivity contribution in [1.82, 2.24) is 24.8 Å². The van der Waals surface area contributed by atoms with Gasteiger partial charge in [-0.25, -0.2) is 32.1 Å². The van der Waals surface area contributed by atoms with Crippen LogP contribution in [0.4, 0.5) is 45.5 Å². The van der Waals surface area contributed by atoms with E-state index in [0.29, 0.717) is 35.3 Å². The fraction of sp³-hybridized carbons (Fsp3) is 0.500. The van der Waals surface area contributed by atoms with Crippen LogP contribution in [0.3, 0.4) is 0 Å². The zero-order chi connectivity index (χ0) is 38.9. The summed E-state index contributed by atoms with van der Waals surface area (Å²) >= 11 is 0.581. The zero-order valence-electron chi connectivity index (χ0n) is 28.9. The Hall–Kier alpha value is -4.72. The highest BCUT2D eigenvalue weighted by Crippen LogP contribution is 2.47. The molecule has 0 bridgehead atoms. The van der Waals surface area contributed by atoms with Crippen molar-refractivity contribution in [3.63, 3.8) is 0 Å². The minimum Gasteiger partial charge on any atom is -0.469 e. The van der Waals surface area contributed by atoms with E-state index in [-0.39, 0.29) is 29.4 Å². The third-order valence-corrected chi connectivity index (χ3v) is 10.5. The number of rotatable bonds is 7. The maximum atomic E-state index is 17.0. The predicted octanol–water partition coefficient (Wildman–Crippen LogP) is 7.58. The second kappa shape index (κ2) is 13.5. The molecule has 4 atom stereocenters. The molecule has 3 saturated heterocycles. The van der Waals surface area contributed by atoms with Crippen LogP contribution in [0.5, 0.6) is 11.9 Å². The molecular formula is C34H33F7N6O6S. The number of alkyl halides is 5. The summed E-state index contributed by atoms with van der Waals surface area (Å²) in [4.78, 5) is 38.9. The van der Waals surface area contributed by atoms with Gasteiger partial charge >= 0.3 is 24.4 Å². The van der Waals surface area contributed by atoms with Crippen molar-refractivity contribution in [2.75, 3.05) is 38.1 Å². The Morgan fingerprint density at radius 3 is 2.52 bits per heavy atom. The lowest BCUT2D eigenvalue weighted by Gasteiger charge is -2.30. The van der Waals surface area contributed by atoms with Crippen LogP contribution < -0.4 is 14.8 Å². The fourth-order valence-electron chi connectivity index (χ4n) is 7.24. The van der Waals surface area contributed by atoms with Gasteiger partial charge in [-0.05, 0) is 58.4 Å². The highest BCUT2D eigenvalue weighted by atomic mass is 32.1. The first-order valence-electron chi connectivity index (χ1n) is 16.8. The molecule has 2 aromatic carbocycles. The van der Waals surface area contributed by atoms with Crippen LogP contribution in [-0.4, -0.2) is 104 Å². The highest BCUT2D eigenvalue weighted by Gasteiger charge is 2.49. The van der Waals surface area contributed by atoms with E-state index >= 15 is 13.2 Å². The average molecular weight is 787 g/mol. The predicted molar refractivity (Wildman–Crippen MR) is 180 cm³/mol. The smallest absolute Gasteiger partial charge is 0.417 e. The number of nitrogens with one attached hydrogen (secondary N) is 1. The second-order valence-electron chi connectivity index (χ2n) is 14.5. The number of thiazole rings is 1. The molecule has 2 aromatic heterocycles. The molecule has 0 unspecified atom stereocenters. The van der Waals surface area contributed by atoms with Gasteiger partial charge in [0.2, 0.25) is 5.88 Å². The molecular weight excluding hydrogens is 753 g/mol. The van der Waals surface area contributed by atoms with E-state index in [0.717, 1.165) is 18.6 Å². The largest absolute Gasteiger partial charge is 0.469 e. The number of hydrogen-bond acceptors (Lipinski definition) is 10. The molecule has 3 fully saturated rings. The summed E-state index contributed by atoms with van der Waals surface area (Å²) in [6.07, 6.45) is -10.9. The van der Waals surface area contributed by atoms with Gasteiger partial charge in [-0.15, -0.1) is 0 Å². The monoisotopic (exact) mass is 786 g/mol. The van der Waals surface area contributed by atoms with Gasteiger partial charge in [-0.2, -0.15) is 23.1 Å². The van der Waals surface area contributed by atoms with E-state index < -0.39 is 118 Å². The number of carboxylic acid groups (broad SMARTS) is 1. The molecule has 5 heterocycles. The Morgan fingerprint density at radius 2 is 1.83 bits per heavy atom. The molecule has 54 heavy (non-hydrogen) atoms. The maximum Gasteiger partial charge on any atom is 0.417 e.